The number of benzene rings is 2. The molecule has 1 fully saturated rings. The zero-order chi connectivity index (χ0) is 20.5. The molecule has 148 valence electrons. The monoisotopic (exact) mass is 414 g/mol. The third-order valence-electron chi connectivity index (χ3n) is 4.47. The van der Waals surface area contributed by atoms with Gasteiger partial charge in [-0.15, -0.1) is 0 Å². The number of amides is 2. The van der Waals surface area contributed by atoms with E-state index >= 15 is 0 Å². The van der Waals surface area contributed by atoms with Gasteiger partial charge in [0.1, 0.15) is 5.82 Å². The van der Waals surface area contributed by atoms with E-state index in [0.29, 0.717) is 22.7 Å². The van der Waals surface area contributed by atoms with Gasteiger partial charge in [0.05, 0.1) is 17.5 Å². The molecule has 0 bridgehead atoms. The third-order valence-corrected chi connectivity index (χ3v) is 4.72. The molecule has 4 nitrogen and oxygen atoms in total. The van der Waals surface area contributed by atoms with Crippen LogP contribution in [0.4, 0.5) is 17.6 Å². The van der Waals surface area contributed by atoms with Gasteiger partial charge in [0.2, 0.25) is 11.8 Å². The molecule has 1 saturated heterocycles. The first-order chi connectivity index (χ1) is 13.1. The van der Waals surface area contributed by atoms with Crippen molar-refractivity contribution in [2.45, 2.75) is 18.6 Å². The number of carbonyl (C=O) groups is 2. The quantitative estimate of drug-likeness (QED) is 0.747. The van der Waals surface area contributed by atoms with E-state index in [1.165, 1.54) is 18.2 Å². The second-order valence-electron chi connectivity index (χ2n) is 6.44. The molecular weight excluding hydrogens is 400 g/mol. The average molecular weight is 415 g/mol. The van der Waals surface area contributed by atoms with E-state index in [-0.39, 0.29) is 24.4 Å². The molecule has 1 aliphatic heterocycles. The Labute approximate surface area is 162 Å². The Kier molecular flexibility index (Phi) is 5.60. The van der Waals surface area contributed by atoms with Crippen LogP contribution in [0.1, 0.15) is 29.2 Å². The highest BCUT2D eigenvalue weighted by Crippen LogP contribution is 2.34. The van der Waals surface area contributed by atoms with Gasteiger partial charge in [-0.3, -0.25) is 9.59 Å². The third kappa shape index (κ3) is 4.44. The fraction of sp³-hybridized carbons (Fsp3) is 0.263. The Bertz CT molecular complexity index is 900. The van der Waals surface area contributed by atoms with E-state index in [0.717, 1.165) is 0 Å². The Morgan fingerprint density at radius 2 is 1.79 bits per heavy atom. The van der Waals surface area contributed by atoms with Crippen molar-refractivity contribution in [3.05, 3.63) is 70.0 Å². The Morgan fingerprint density at radius 3 is 2.36 bits per heavy atom. The Hall–Kier alpha value is -2.61. The SMILES string of the molecule is O=C1C[C@H](C(=O)NC(c2ccc(Cl)cc2)c2ccc(F)c(C(F)(F)F)c2)CN1. The fourth-order valence-corrected chi connectivity index (χ4v) is 3.13. The van der Waals surface area contributed by atoms with E-state index in [9.17, 15) is 27.2 Å². The summed E-state index contributed by atoms with van der Waals surface area (Å²) in [6.45, 7) is 0.148. The number of rotatable bonds is 4. The smallest absolute Gasteiger partial charge is 0.355 e. The van der Waals surface area contributed by atoms with Gasteiger partial charge in [-0.05, 0) is 35.4 Å². The molecule has 0 radical (unpaired) electrons. The van der Waals surface area contributed by atoms with Crippen molar-refractivity contribution in [2.24, 2.45) is 5.92 Å². The van der Waals surface area contributed by atoms with Crippen molar-refractivity contribution < 1.29 is 27.2 Å². The molecule has 2 atom stereocenters. The number of nitrogens with one attached hydrogen (secondary N) is 2. The Morgan fingerprint density at radius 1 is 1.14 bits per heavy atom. The second kappa shape index (κ2) is 7.79. The van der Waals surface area contributed by atoms with Gasteiger partial charge in [-0.25, -0.2) is 4.39 Å². The highest BCUT2D eigenvalue weighted by Gasteiger charge is 2.35. The van der Waals surface area contributed by atoms with Crippen molar-refractivity contribution in [3.8, 4) is 0 Å². The second-order valence-corrected chi connectivity index (χ2v) is 6.87. The summed E-state index contributed by atoms with van der Waals surface area (Å²) in [4.78, 5) is 23.9. The van der Waals surface area contributed by atoms with Gasteiger partial charge in [0, 0.05) is 18.0 Å². The molecule has 0 spiro atoms. The zero-order valence-corrected chi connectivity index (χ0v) is 15.1. The van der Waals surface area contributed by atoms with Crippen LogP contribution in [0.15, 0.2) is 42.5 Å². The van der Waals surface area contributed by atoms with Crippen LogP contribution < -0.4 is 10.6 Å². The molecule has 2 amide bonds. The summed E-state index contributed by atoms with van der Waals surface area (Å²) >= 11 is 5.86. The van der Waals surface area contributed by atoms with Gasteiger partial charge in [0.15, 0.2) is 0 Å². The summed E-state index contributed by atoms with van der Waals surface area (Å²) in [7, 11) is 0. The molecule has 3 rings (SSSR count). The predicted octanol–water partition coefficient (Wildman–Crippen LogP) is 3.84. The zero-order valence-electron chi connectivity index (χ0n) is 14.3. The molecular formula is C19H15ClF4N2O2. The average Bonchev–Trinajstić information content (AvgIpc) is 3.07. The maximum atomic E-state index is 13.7. The van der Waals surface area contributed by atoms with E-state index < -0.39 is 35.4 Å². The largest absolute Gasteiger partial charge is 0.419 e. The van der Waals surface area contributed by atoms with Gasteiger partial charge in [-0.2, -0.15) is 13.2 Å². The van der Waals surface area contributed by atoms with E-state index in [2.05, 4.69) is 10.6 Å². The number of alkyl halides is 3. The molecule has 0 saturated carbocycles. The van der Waals surface area contributed by atoms with Gasteiger partial charge >= 0.3 is 6.18 Å². The normalized spacial score (nSPS) is 17.9. The lowest BCUT2D eigenvalue weighted by Crippen LogP contribution is -2.35. The van der Waals surface area contributed by atoms with Crippen LogP contribution in [0.25, 0.3) is 0 Å². The van der Waals surface area contributed by atoms with Crippen molar-refractivity contribution in [1.29, 1.82) is 0 Å². The van der Waals surface area contributed by atoms with E-state index in [1.807, 2.05) is 0 Å². The number of carbonyl (C=O) groups excluding carboxylic acids is 2. The van der Waals surface area contributed by atoms with E-state index in [1.54, 1.807) is 12.1 Å². The van der Waals surface area contributed by atoms with Crippen LogP contribution in [0.2, 0.25) is 5.02 Å². The maximum Gasteiger partial charge on any atom is 0.419 e. The summed E-state index contributed by atoms with van der Waals surface area (Å²) in [6.07, 6.45) is -4.88. The molecule has 1 heterocycles. The predicted molar refractivity (Wildman–Crippen MR) is 94.0 cm³/mol. The molecule has 2 aromatic carbocycles. The molecule has 0 aliphatic carbocycles. The fourth-order valence-electron chi connectivity index (χ4n) is 3.00. The summed E-state index contributed by atoms with van der Waals surface area (Å²) < 4.78 is 53.0. The van der Waals surface area contributed by atoms with Gasteiger partial charge < -0.3 is 10.6 Å². The van der Waals surface area contributed by atoms with Crippen molar-refractivity contribution in [1.82, 2.24) is 10.6 Å². The standard InChI is InChI=1S/C19H15ClF4N2O2/c20-13-4-1-10(2-5-13)17(26-18(28)12-8-16(27)25-9-12)11-3-6-15(21)14(7-11)19(22,23)24/h1-7,12,17H,8-9H2,(H,25,27)(H,26,28)/t12-,17?/m0/s1. The minimum absolute atomic E-state index is 0.00358. The molecule has 2 N–H and O–H groups in total. The van der Waals surface area contributed by atoms with Gasteiger partial charge in [0.25, 0.3) is 0 Å². The molecule has 1 unspecified atom stereocenters. The van der Waals surface area contributed by atoms with Crippen molar-refractivity contribution >= 4 is 23.4 Å². The van der Waals surface area contributed by atoms with Crippen LogP contribution in [0.5, 0.6) is 0 Å². The van der Waals surface area contributed by atoms with Crippen LogP contribution in [-0.2, 0) is 15.8 Å². The molecule has 1 aliphatic rings. The summed E-state index contributed by atoms with van der Waals surface area (Å²) in [5.41, 5.74) is -0.896. The first-order valence-electron chi connectivity index (χ1n) is 8.34. The topological polar surface area (TPSA) is 58.2 Å². The molecule has 28 heavy (non-hydrogen) atoms. The summed E-state index contributed by atoms with van der Waals surface area (Å²) in [5.74, 6) is -2.80. The molecule has 0 aromatic heterocycles. The molecule has 9 heteroatoms. The summed E-state index contributed by atoms with van der Waals surface area (Å²) in [5, 5.41) is 5.61. The lowest BCUT2D eigenvalue weighted by molar-refractivity contribution is -0.140. The minimum Gasteiger partial charge on any atom is -0.355 e. The number of hydrogen-bond acceptors (Lipinski definition) is 2. The van der Waals surface area contributed by atoms with Crippen molar-refractivity contribution in [3.63, 3.8) is 0 Å². The highest BCUT2D eigenvalue weighted by molar-refractivity contribution is 6.30. The summed E-state index contributed by atoms with van der Waals surface area (Å²) in [6, 6.07) is 7.78. The lowest BCUT2D eigenvalue weighted by Gasteiger charge is -2.23. The lowest BCUT2D eigenvalue weighted by atomic mass is 9.95. The van der Waals surface area contributed by atoms with Crippen LogP contribution in [0.3, 0.4) is 0 Å². The van der Waals surface area contributed by atoms with E-state index in [4.69, 9.17) is 11.6 Å². The van der Waals surface area contributed by atoms with Crippen molar-refractivity contribution in [2.75, 3.05) is 6.54 Å². The number of hydrogen-bond donors (Lipinski definition) is 2. The number of halogens is 5. The highest BCUT2D eigenvalue weighted by atomic mass is 35.5. The minimum atomic E-state index is -4.88. The first kappa shape index (κ1) is 20.1. The van der Waals surface area contributed by atoms with Crippen LogP contribution in [0, 0.1) is 11.7 Å². The van der Waals surface area contributed by atoms with Crippen LogP contribution in [-0.4, -0.2) is 18.4 Å². The maximum absolute atomic E-state index is 13.7. The molecule has 2 aromatic rings. The van der Waals surface area contributed by atoms with Crippen LogP contribution >= 0.6 is 11.6 Å². The Balaban J connectivity index is 1.98. The first-order valence-corrected chi connectivity index (χ1v) is 8.72. The van der Waals surface area contributed by atoms with Gasteiger partial charge in [-0.1, -0.05) is 29.8 Å².